The maximum atomic E-state index is 12.2. The Morgan fingerprint density at radius 1 is 1.38 bits per heavy atom. The van der Waals surface area contributed by atoms with E-state index >= 15 is 0 Å². The summed E-state index contributed by atoms with van der Waals surface area (Å²) >= 11 is 6.81. The third kappa shape index (κ3) is 3.58. The SMILES string of the molecule is FC(F)c1cc(OC(F)(F)F)c(I)c(Cl)n1. The summed E-state index contributed by atoms with van der Waals surface area (Å²) in [7, 11) is 0. The Bertz CT molecular complexity index is 397. The van der Waals surface area contributed by atoms with Crippen LogP contribution in [0.25, 0.3) is 0 Å². The Morgan fingerprint density at radius 2 is 1.94 bits per heavy atom. The van der Waals surface area contributed by atoms with Crippen molar-refractivity contribution < 1.29 is 26.7 Å². The molecule has 0 fully saturated rings. The quantitative estimate of drug-likeness (QED) is 0.441. The van der Waals surface area contributed by atoms with Gasteiger partial charge in [-0.3, -0.25) is 0 Å². The van der Waals surface area contributed by atoms with Crippen LogP contribution < -0.4 is 4.74 Å². The monoisotopic (exact) mass is 373 g/mol. The van der Waals surface area contributed by atoms with Gasteiger partial charge < -0.3 is 4.74 Å². The minimum absolute atomic E-state index is 0.180. The van der Waals surface area contributed by atoms with E-state index in [2.05, 4.69) is 9.72 Å². The second-order valence-corrected chi connectivity index (χ2v) is 3.94. The van der Waals surface area contributed by atoms with E-state index in [9.17, 15) is 22.0 Å². The maximum Gasteiger partial charge on any atom is 0.573 e. The molecule has 0 aliphatic carbocycles. The van der Waals surface area contributed by atoms with Crippen LogP contribution >= 0.6 is 34.2 Å². The molecule has 1 rings (SSSR count). The highest BCUT2D eigenvalue weighted by Crippen LogP contribution is 2.34. The van der Waals surface area contributed by atoms with E-state index in [0.29, 0.717) is 6.07 Å². The van der Waals surface area contributed by atoms with Crippen LogP contribution in [-0.2, 0) is 0 Å². The van der Waals surface area contributed by atoms with Gasteiger partial charge in [0.1, 0.15) is 16.6 Å². The molecule has 0 N–H and O–H groups in total. The van der Waals surface area contributed by atoms with E-state index in [1.54, 1.807) is 0 Å². The lowest BCUT2D eigenvalue weighted by Gasteiger charge is -2.12. The van der Waals surface area contributed by atoms with Crippen molar-refractivity contribution >= 4 is 34.2 Å². The fourth-order valence-corrected chi connectivity index (χ4v) is 1.38. The molecule has 16 heavy (non-hydrogen) atoms. The molecule has 0 aliphatic rings. The molecule has 0 saturated carbocycles. The van der Waals surface area contributed by atoms with Crippen LogP contribution in [0, 0.1) is 3.57 Å². The van der Waals surface area contributed by atoms with E-state index in [4.69, 9.17) is 11.6 Å². The molecule has 0 unspecified atom stereocenters. The number of hydrogen-bond acceptors (Lipinski definition) is 2. The molecule has 0 atom stereocenters. The topological polar surface area (TPSA) is 22.1 Å². The Labute approximate surface area is 105 Å². The van der Waals surface area contributed by atoms with Crippen molar-refractivity contribution in [2.45, 2.75) is 12.8 Å². The molecule has 0 saturated heterocycles. The summed E-state index contributed by atoms with van der Waals surface area (Å²) in [5, 5.41) is -0.461. The first kappa shape index (κ1) is 13.7. The lowest BCUT2D eigenvalue weighted by Crippen LogP contribution is -2.18. The van der Waals surface area contributed by atoms with Crippen molar-refractivity contribution in [2.24, 2.45) is 0 Å². The molecular weight excluding hydrogens is 371 g/mol. The summed E-state index contributed by atoms with van der Waals surface area (Å²) in [4.78, 5) is 3.22. The second kappa shape index (κ2) is 4.86. The van der Waals surface area contributed by atoms with Gasteiger partial charge in [0.25, 0.3) is 6.43 Å². The number of pyridine rings is 1. The molecule has 9 heteroatoms. The molecule has 1 heterocycles. The highest BCUT2D eigenvalue weighted by molar-refractivity contribution is 14.1. The van der Waals surface area contributed by atoms with Gasteiger partial charge >= 0.3 is 6.36 Å². The van der Waals surface area contributed by atoms with Gasteiger partial charge in [0, 0.05) is 6.07 Å². The van der Waals surface area contributed by atoms with Crippen LogP contribution in [0.15, 0.2) is 6.07 Å². The van der Waals surface area contributed by atoms with E-state index in [1.807, 2.05) is 0 Å². The van der Waals surface area contributed by atoms with Crippen LogP contribution in [0.4, 0.5) is 22.0 Å². The molecular formula is C7H2ClF5INO. The van der Waals surface area contributed by atoms with Crippen molar-refractivity contribution in [3.8, 4) is 5.75 Å². The van der Waals surface area contributed by atoms with E-state index in [1.165, 1.54) is 22.6 Å². The highest BCUT2D eigenvalue weighted by Gasteiger charge is 2.33. The molecule has 0 spiro atoms. The normalized spacial score (nSPS) is 12.0. The van der Waals surface area contributed by atoms with E-state index < -0.39 is 29.4 Å². The van der Waals surface area contributed by atoms with Crippen molar-refractivity contribution in [1.82, 2.24) is 4.98 Å². The minimum Gasteiger partial charge on any atom is -0.404 e. The Morgan fingerprint density at radius 3 is 2.38 bits per heavy atom. The predicted octanol–water partition coefficient (Wildman–Crippen LogP) is 4.18. The fraction of sp³-hybridized carbons (Fsp3) is 0.286. The largest absolute Gasteiger partial charge is 0.573 e. The maximum absolute atomic E-state index is 12.2. The highest BCUT2D eigenvalue weighted by atomic mass is 127. The van der Waals surface area contributed by atoms with Gasteiger partial charge in [0.15, 0.2) is 0 Å². The lowest BCUT2D eigenvalue weighted by atomic mass is 10.3. The Hall–Kier alpha value is -0.380. The lowest BCUT2D eigenvalue weighted by molar-refractivity contribution is -0.275. The molecule has 0 amide bonds. The number of halogens is 7. The van der Waals surface area contributed by atoms with Crippen molar-refractivity contribution in [3.05, 3.63) is 20.5 Å². The van der Waals surface area contributed by atoms with Crippen LogP contribution in [0.2, 0.25) is 5.15 Å². The van der Waals surface area contributed by atoms with Crippen molar-refractivity contribution in [1.29, 1.82) is 0 Å². The van der Waals surface area contributed by atoms with E-state index in [0.717, 1.165) is 0 Å². The van der Waals surface area contributed by atoms with Crippen LogP contribution in [0.5, 0.6) is 5.75 Å². The number of nitrogens with zero attached hydrogens (tertiary/aromatic N) is 1. The second-order valence-electron chi connectivity index (χ2n) is 2.50. The summed E-state index contributed by atoms with van der Waals surface area (Å²) in [6.45, 7) is 0. The minimum atomic E-state index is -4.97. The van der Waals surface area contributed by atoms with Gasteiger partial charge in [-0.2, -0.15) is 0 Å². The zero-order chi connectivity index (χ0) is 12.5. The number of aromatic nitrogens is 1. The summed E-state index contributed by atoms with van der Waals surface area (Å²) in [6, 6.07) is 0.506. The summed E-state index contributed by atoms with van der Waals surface area (Å²) in [5.41, 5.74) is -0.871. The summed E-state index contributed by atoms with van der Waals surface area (Å²) in [6.07, 6.45) is -7.99. The summed E-state index contributed by atoms with van der Waals surface area (Å²) < 4.78 is 63.5. The van der Waals surface area contributed by atoms with Crippen LogP contribution in [0.3, 0.4) is 0 Å². The standard InChI is InChI=1S/C7H2ClF5INO/c8-5-4(14)3(16-7(11,12)13)1-2(15-5)6(9)10/h1,6H. The third-order valence-electron chi connectivity index (χ3n) is 1.35. The molecule has 0 aliphatic heterocycles. The van der Waals surface area contributed by atoms with Gasteiger partial charge in [0.05, 0.1) is 3.57 Å². The molecule has 90 valence electrons. The molecule has 0 aromatic carbocycles. The van der Waals surface area contributed by atoms with E-state index in [-0.39, 0.29) is 3.57 Å². The van der Waals surface area contributed by atoms with Gasteiger partial charge in [-0.1, -0.05) is 11.6 Å². The Balaban J connectivity index is 3.17. The van der Waals surface area contributed by atoms with Gasteiger partial charge in [-0.15, -0.1) is 13.2 Å². The number of ether oxygens (including phenoxy) is 1. The zero-order valence-electron chi connectivity index (χ0n) is 7.16. The number of hydrogen-bond donors (Lipinski definition) is 0. The smallest absolute Gasteiger partial charge is 0.404 e. The molecule has 0 radical (unpaired) electrons. The first-order chi connectivity index (χ1) is 7.20. The number of alkyl halides is 5. The van der Waals surface area contributed by atoms with Gasteiger partial charge in [0.2, 0.25) is 0 Å². The predicted molar refractivity (Wildman–Crippen MR) is 53.6 cm³/mol. The number of rotatable bonds is 2. The first-order valence-corrected chi connectivity index (χ1v) is 5.06. The van der Waals surface area contributed by atoms with Gasteiger partial charge in [-0.25, -0.2) is 13.8 Å². The van der Waals surface area contributed by atoms with Crippen LogP contribution in [-0.4, -0.2) is 11.3 Å². The Kier molecular flexibility index (Phi) is 4.16. The first-order valence-electron chi connectivity index (χ1n) is 3.60. The fourth-order valence-electron chi connectivity index (χ4n) is 0.805. The third-order valence-corrected chi connectivity index (χ3v) is 2.99. The molecule has 2 nitrogen and oxygen atoms in total. The molecule has 0 bridgehead atoms. The molecule has 1 aromatic heterocycles. The average Bonchev–Trinajstić information content (AvgIpc) is 2.10. The van der Waals surface area contributed by atoms with Crippen LogP contribution in [0.1, 0.15) is 12.1 Å². The average molecular weight is 373 g/mol. The van der Waals surface area contributed by atoms with Gasteiger partial charge in [-0.05, 0) is 22.6 Å². The zero-order valence-corrected chi connectivity index (χ0v) is 10.1. The van der Waals surface area contributed by atoms with Crippen molar-refractivity contribution in [3.63, 3.8) is 0 Å². The van der Waals surface area contributed by atoms with Crippen molar-refractivity contribution in [2.75, 3.05) is 0 Å². The molecule has 1 aromatic rings. The summed E-state index contributed by atoms with van der Waals surface area (Å²) in [5.74, 6) is -0.789.